The second-order valence-electron chi connectivity index (χ2n) is 7.42. The van der Waals surface area contributed by atoms with E-state index in [1.165, 1.54) is 5.56 Å². The van der Waals surface area contributed by atoms with E-state index in [0.29, 0.717) is 12.0 Å². The van der Waals surface area contributed by atoms with E-state index in [9.17, 15) is 4.79 Å². The quantitative estimate of drug-likeness (QED) is 0.301. The number of aryl methyl sites for hydroxylation is 1. The molecule has 0 fully saturated rings. The molecular weight excluding hydrogens is 477 g/mol. The van der Waals surface area contributed by atoms with Gasteiger partial charge < -0.3 is 20.4 Å². The van der Waals surface area contributed by atoms with Crippen molar-refractivity contribution in [3.8, 4) is 0 Å². The fourth-order valence-electron chi connectivity index (χ4n) is 3.71. The van der Waals surface area contributed by atoms with E-state index in [2.05, 4.69) is 47.4 Å². The number of para-hydroxylation sites is 1. The van der Waals surface area contributed by atoms with Crippen LogP contribution < -0.4 is 15.5 Å². The van der Waals surface area contributed by atoms with Crippen molar-refractivity contribution in [1.29, 1.82) is 0 Å². The van der Waals surface area contributed by atoms with Gasteiger partial charge in [0.15, 0.2) is 5.96 Å². The first-order valence-corrected chi connectivity index (χ1v) is 10.7. The van der Waals surface area contributed by atoms with Crippen molar-refractivity contribution >= 4 is 41.5 Å². The number of hydrogen-bond acceptors (Lipinski definition) is 3. The third-order valence-corrected chi connectivity index (χ3v) is 5.43. The summed E-state index contributed by atoms with van der Waals surface area (Å²) >= 11 is 0. The normalized spacial score (nSPS) is 14.8. The molecule has 1 amide bonds. The van der Waals surface area contributed by atoms with Crippen molar-refractivity contribution in [2.75, 3.05) is 44.7 Å². The number of halogens is 1. The summed E-state index contributed by atoms with van der Waals surface area (Å²) in [6.45, 7) is 10.9. The Balaban J connectivity index is 0.00000420. The number of nitrogens with zero attached hydrogens (tertiary/aromatic N) is 3. The summed E-state index contributed by atoms with van der Waals surface area (Å²) < 4.78 is 0. The molecule has 1 atom stereocenters. The van der Waals surface area contributed by atoms with Gasteiger partial charge in [-0.25, -0.2) is 0 Å². The molecule has 1 aliphatic heterocycles. The number of rotatable bonds is 9. The number of carbonyl (C=O) groups is 1. The SMILES string of the molecule is CCN(CC)CCCC(C)NC(=NC)NCC(=O)N1CCCc2ccccc21.I. The zero-order valence-electron chi connectivity index (χ0n) is 18.4. The molecule has 1 aromatic rings. The molecule has 6 nitrogen and oxygen atoms in total. The standard InChI is InChI=1S/C22H37N5O.HI/c1-5-26(6-2)15-9-11-18(3)25-22(23-4)24-17-21(28)27-16-10-13-19-12-7-8-14-20(19)27;/h7-8,12,14,18H,5-6,9-11,13,15-17H2,1-4H3,(H2,23,24,25);1H. The number of benzene rings is 1. The summed E-state index contributed by atoms with van der Waals surface area (Å²) in [5.41, 5.74) is 2.31. The number of guanidine groups is 1. The molecule has 0 bridgehead atoms. The maximum Gasteiger partial charge on any atom is 0.246 e. The van der Waals surface area contributed by atoms with E-state index >= 15 is 0 Å². The maximum absolute atomic E-state index is 12.8. The highest BCUT2D eigenvalue weighted by atomic mass is 127. The summed E-state index contributed by atoms with van der Waals surface area (Å²) in [5, 5.41) is 6.59. The number of anilines is 1. The lowest BCUT2D eigenvalue weighted by molar-refractivity contribution is -0.117. The molecule has 0 aliphatic carbocycles. The summed E-state index contributed by atoms with van der Waals surface area (Å²) in [6, 6.07) is 8.50. The van der Waals surface area contributed by atoms with Crippen LogP contribution >= 0.6 is 24.0 Å². The van der Waals surface area contributed by atoms with Crippen LogP contribution in [0.1, 0.15) is 45.6 Å². The van der Waals surface area contributed by atoms with E-state index < -0.39 is 0 Å². The number of hydrogen-bond donors (Lipinski definition) is 2. The predicted molar refractivity (Wildman–Crippen MR) is 134 cm³/mol. The second kappa shape index (κ2) is 13.8. The number of fused-ring (bicyclic) bond motifs is 1. The zero-order chi connectivity index (χ0) is 20.4. The van der Waals surface area contributed by atoms with E-state index in [4.69, 9.17) is 0 Å². The smallest absolute Gasteiger partial charge is 0.246 e. The highest BCUT2D eigenvalue weighted by molar-refractivity contribution is 14.0. The van der Waals surface area contributed by atoms with Gasteiger partial charge in [-0.15, -0.1) is 24.0 Å². The van der Waals surface area contributed by atoms with Crippen LogP contribution in [0.5, 0.6) is 0 Å². The average molecular weight is 515 g/mol. The Morgan fingerprint density at radius 2 is 2.00 bits per heavy atom. The molecule has 0 saturated heterocycles. The Morgan fingerprint density at radius 3 is 2.69 bits per heavy atom. The van der Waals surface area contributed by atoms with Crippen LogP contribution in [0.2, 0.25) is 0 Å². The van der Waals surface area contributed by atoms with Gasteiger partial charge in [-0.1, -0.05) is 32.0 Å². The van der Waals surface area contributed by atoms with Gasteiger partial charge >= 0.3 is 0 Å². The van der Waals surface area contributed by atoms with Gasteiger partial charge in [0.1, 0.15) is 0 Å². The Bertz CT molecular complexity index is 648. The van der Waals surface area contributed by atoms with E-state index in [0.717, 1.165) is 57.5 Å². The summed E-state index contributed by atoms with van der Waals surface area (Å²) in [7, 11) is 1.75. The van der Waals surface area contributed by atoms with Crippen LogP contribution in [-0.4, -0.2) is 62.6 Å². The number of carbonyl (C=O) groups excluding carboxylic acids is 1. The predicted octanol–water partition coefficient (Wildman–Crippen LogP) is 3.26. The van der Waals surface area contributed by atoms with Crippen LogP contribution in [0.4, 0.5) is 5.69 Å². The van der Waals surface area contributed by atoms with Gasteiger partial charge in [-0.05, 0) is 63.9 Å². The van der Waals surface area contributed by atoms with Gasteiger partial charge in [-0.3, -0.25) is 9.79 Å². The van der Waals surface area contributed by atoms with Crippen molar-refractivity contribution in [3.63, 3.8) is 0 Å². The molecule has 1 heterocycles. The monoisotopic (exact) mass is 515 g/mol. The van der Waals surface area contributed by atoms with E-state index in [-0.39, 0.29) is 36.4 Å². The molecule has 0 radical (unpaired) electrons. The molecule has 1 aromatic carbocycles. The molecule has 1 unspecified atom stereocenters. The Labute approximate surface area is 193 Å². The lowest BCUT2D eigenvalue weighted by Gasteiger charge is -2.30. The minimum absolute atomic E-state index is 0. The van der Waals surface area contributed by atoms with Crippen molar-refractivity contribution in [2.45, 2.75) is 52.5 Å². The first kappa shape index (κ1) is 25.7. The Hall–Kier alpha value is -1.35. The zero-order valence-corrected chi connectivity index (χ0v) is 20.7. The highest BCUT2D eigenvalue weighted by Crippen LogP contribution is 2.26. The summed E-state index contributed by atoms with van der Waals surface area (Å²) in [6.07, 6.45) is 4.28. The van der Waals surface area contributed by atoms with Crippen LogP contribution in [0.25, 0.3) is 0 Å². The van der Waals surface area contributed by atoms with Crippen molar-refractivity contribution in [3.05, 3.63) is 29.8 Å². The molecule has 29 heavy (non-hydrogen) atoms. The van der Waals surface area contributed by atoms with Crippen LogP contribution in [0, 0.1) is 0 Å². The number of aliphatic imine (C=N–C) groups is 1. The molecule has 0 saturated carbocycles. The van der Waals surface area contributed by atoms with Crippen molar-refractivity contribution < 1.29 is 4.79 Å². The molecule has 1 aliphatic rings. The minimum Gasteiger partial charge on any atom is -0.354 e. The minimum atomic E-state index is 0. The fraction of sp³-hybridized carbons (Fsp3) is 0.636. The van der Waals surface area contributed by atoms with Crippen molar-refractivity contribution in [2.24, 2.45) is 4.99 Å². The lowest BCUT2D eigenvalue weighted by Crippen LogP contribution is -2.48. The Kier molecular flexibility index (Phi) is 12.2. The van der Waals surface area contributed by atoms with Crippen LogP contribution in [0.3, 0.4) is 0 Å². The average Bonchev–Trinajstić information content (AvgIpc) is 2.73. The molecule has 2 N–H and O–H groups in total. The largest absolute Gasteiger partial charge is 0.354 e. The molecule has 0 aromatic heterocycles. The second-order valence-corrected chi connectivity index (χ2v) is 7.42. The van der Waals surface area contributed by atoms with Crippen molar-refractivity contribution in [1.82, 2.24) is 15.5 Å². The maximum atomic E-state index is 12.8. The molecule has 0 spiro atoms. The fourth-order valence-corrected chi connectivity index (χ4v) is 3.71. The van der Waals surface area contributed by atoms with E-state index in [1.54, 1.807) is 7.05 Å². The summed E-state index contributed by atoms with van der Waals surface area (Å²) in [4.78, 5) is 21.4. The molecule has 164 valence electrons. The van der Waals surface area contributed by atoms with Gasteiger partial charge in [-0.2, -0.15) is 0 Å². The topological polar surface area (TPSA) is 60.0 Å². The van der Waals surface area contributed by atoms with Gasteiger partial charge in [0.2, 0.25) is 5.91 Å². The first-order valence-electron chi connectivity index (χ1n) is 10.7. The van der Waals surface area contributed by atoms with Gasteiger partial charge in [0, 0.05) is 25.3 Å². The van der Waals surface area contributed by atoms with Crippen LogP contribution in [-0.2, 0) is 11.2 Å². The molecular formula is C22H38IN5O. The Morgan fingerprint density at radius 1 is 1.28 bits per heavy atom. The number of nitrogens with one attached hydrogen (secondary N) is 2. The molecule has 2 rings (SSSR count). The third kappa shape index (κ3) is 8.12. The third-order valence-electron chi connectivity index (χ3n) is 5.43. The lowest BCUT2D eigenvalue weighted by atomic mass is 10.0. The van der Waals surface area contributed by atoms with Gasteiger partial charge in [0.25, 0.3) is 0 Å². The van der Waals surface area contributed by atoms with E-state index in [1.807, 2.05) is 23.1 Å². The van der Waals surface area contributed by atoms with Crippen LogP contribution in [0.15, 0.2) is 29.3 Å². The number of amides is 1. The molecule has 7 heteroatoms. The highest BCUT2D eigenvalue weighted by Gasteiger charge is 2.22. The summed E-state index contributed by atoms with van der Waals surface area (Å²) in [5.74, 6) is 0.776. The van der Waals surface area contributed by atoms with Gasteiger partial charge in [0.05, 0.1) is 6.54 Å². The first-order chi connectivity index (χ1) is 13.6.